The maximum atomic E-state index is 11.4. The summed E-state index contributed by atoms with van der Waals surface area (Å²) in [4.78, 5) is 11.4. The van der Waals surface area contributed by atoms with Crippen LogP contribution < -0.4 is 4.74 Å². The van der Waals surface area contributed by atoms with E-state index in [9.17, 15) is 9.90 Å². The molecule has 0 saturated carbocycles. The number of methoxy groups -OCH3 is 1. The Kier molecular flexibility index (Phi) is 2.63. The van der Waals surface area contributed by atoms with Crippen molar-refractivity contribution in [1.82, 2.24) is 0 Å². The smallest absolute Gasteiger partial charge is 0.311 e. The highest BCUT2D eigenvalue weighted by atomic mass is 16.6. The number of rotatable bonds is 2. The Morgan fingerprint density at radius 1 is 1.39 bits per heavy atom. The lowest BCUT2D eigenvalue weighted by Crippen LogP contribution is -2.14. The lowest BCUT2D eigenvalue weighted by Gasteiger charge is -2.16. The van der Waals surface area contributed by atoms with Crippen LogP contribution in [-0.4, -0.2) is 31.4 Å². The molecule has 0 unspecified atom stereocenters. The minimum Gasteiger partial charge on any atom is -0.504 e. The van der Waals surface area contributed by atoms with Crippen molar-refractivity contribution in [3.8, 4) is 11.5 Å². The summed E-state index contributed by atoms with van der Waals surface area (Å²) in [7, 11) is 1.50. The van der Waals surface area contributed by atoms with Gasteiger partial charge < -0.3 is 19.3 Å². The third-order valence-corrected chi connectivity index (χ3v) is 3.61. The van der Waals surface area contributed by atoms with E-state index < -0.39 is 0 Å². The number of fused-ring (bicyclic) bond motifs is 1. The normalized spacial score (nSPS) is 30.1. The highest BCUT2D eigenvalue weighted by molar-refractivity contribution is 5.75. The molecule has 0 bridgehead atoms. The first-order valence-electron chi connectivity index (χ1n) is 5.86. The van der Waals surface area contributed by atoms with Crippen molar-refractivity contribution < 1.29 is 24.1 Å². The van der Waals surface area contributed by atoms with Gasteiger partial charge in [0.2, 0.25) is 0 Å². The van der Waals surface area contributed by atoms with Crippen LogP contribution in [0.5, 0.6) is 11.5 Å². The molecule has 1 aromatic rings. The van der Waals surface area contributed by atoms with Gasteiger partial charge >= 0.3 is 5.97 Å². The van der Waals surface area contributed by atoms with Gasteiger partial charge in [0.05, 0.1) is 32.3 Å². The molecule has 0 amide bonds. The molecule has 18 heavy (non-hydrogen) atoms. The van der Waals surface area contributed by atoms with Gasteiger partial charge in [-0.1, -0.05) is 6.07 Å². The predicted molar refractivity (Wildman–Crippen MR) is 61.3 cm³/mol. The molecule has 96 valence electrons. The van der Waals surface area contributed by atoms with E-state index in [2.05, 4.69) is 0 Å². The van der Waals surface area contributed by atoms with Crippen molar-refractivity contribution in [2.24, 2.45) is 11.8 Å². The van der Waals surface area contributed by atoms with Gasteiger partial charge in [0.25, 0.3) is 0 Å². The monoisotopic (exact) mass is 250 g/mol. The molecule has 0 spiro atoms. The summed E-state index contributed by atoms with van der Waals surface area (Å²) in [6.45, 7) is 0.800. The van der Waals surface area contributed by atoms with Gasteiger partial charge in [-0.15, -0.1) is 0 Å². The summed E-state index contributed by atoms with van der Waals surface area (Å²) in [5.41, 5.74) is 0.899. The second kappa shape index (κ2) is 4.17. The Morgan fingerprint density at radius 2 is 2.22 bits per heavy atom. The third-order valence-electron chi connectivity index (χ3n) is 3.61. The minimum atomic E-state index is -0.173. The van der Waals surface area contributed by atoms with E-state index in [0.717, 1.165) is 5.56 Å². The van der Waals surface area contributed by atoms with Gasteiger partial charge in [0, 0.05) is 5.92 Å². The van der Waals surface area contributed by atoms with Crippen molar-refractivity contribution in [1.29, 1.82) is 0 Å². The molecule has 1 N–H and O–H groups in total. The zero-order chi connectivity index (χ0) is 12.7. The van der Waals surface area contributed by atoms with Gasteiger partial charge in [0.15, 0.2) is 11.5 Å². The van der Waals surface area contributed by atoms with E-state index in [4.69, 9.17) is 14.2 Å². The van der Waals surface area contributed by atoms with Crippen LogP contribution in [0.1, 0.15) is 11.7 Å². The van der Waals surface area contributed by atoms with E-state index in [-0.39, 0.29) is 29.7 Å². The predicted octanol–water partition coefficient (Wildman–Crippen LogP) is 1.26. The fourth-order valence-corrected chi connectivity index (χ4v) is 2.61. The third kappa shape index (κ3) is 1.62. The Hall–Kier alpha value is -1.75. The summed E-state index contributed by atoms with van der Waals surface area (Å²) in [6.07, 6.45) is -0.170. The Bertz CT molecular complexity index is 484. The lowest BCUT2D eigenvalue weighted by atomic mass is 9.90. The maximum Gasteiger partial charge on any atom is 0.311 e. The first-order valence-corrected chi connectivity index (χ1v) is 5.86. The van der Waals surface area contributed by atoms with Crippen molar-refractivity contribution in [3.05, 3.63) is 23.8 Å². The van der Waals surface area contributed by atoms with E-state index in [1.165, 1.54) is 7.11 Å². The van der Waals surface area contributed by atoms with E-state index >= 15 is 0 Å². The van der Waals surface area contributed by atoms with Crippen LogP contribution in [0.15, 0.2) is 18.2 Å². The minimum absolute atomic E-state index is 0.0618. The number of cyclic esters (lactones) is 1. The van der Waals surface area contributed by atoms with Gasteiger partial charge in [-0.05, 0) is 17.7 Å². The van der Waals surface area contributed by atoms with E-state index in [1.807, 2.05) is 0 Å². The van der Waals surface area contributed by atoms with Gasteiger partial charge in [-0.3, -0.25) is 4.79 Å². The van der Waals surface area contributed by atoms with Crippen molar-refractivity contribution >= 4 is 5.97 Å². The fourth-order valence-electron chi connectivity index (χ4n) is 2.61. The van der Waals surface area contributed by atoms with Crippen LogP contribution in [0.4, 0.5) is 0 Å². The topological polar surface area (TPSA) is 65.0 Å². The van der Waals surface area contributed by atoms with Crippen LogP contribution in [-0.2, 0) is 14.3 Å². The molecule has 5 nitrogen and oxygen atoms in total. The molecule has 2 aliphatic rings. The number of hydrogen-bond donors (Lipinski definition) is 1. The van der Waals surface area contributed by atoms with Crippen LogP contribution in [0.3, 0.4) is 0 Å². The quantitative estimate of drug-likeness (QED) is 0.800. The van der Waals surface area contributed by atoms with Crippen LogP contribution in [0.25, 0.3) is 0 Å². The number of phenolic OH excluding ortho intramolecular Hbond substituents is 1. The summed E-state index contributed by atoms with van der Waals surface area (Å²) >= 11 is 0. The number of benzene rings is 1. The first kappa shape index (κ1) is 11.3. The highest BCUT2D eigenvalue weighted by Gasteiger charge is 2.48. The van der Waals surface area contributed by atoms with Crippen LogP contribution >= 0.6 is 0 Å². The van der Waals surface area contributed by atoms with Crippen molar-refractivity contribution in [3.63, 3.8) is 0 Å². The van der Waals surface area contributed by atoms with Crippen molar-refractivity contribution in [2.45, 2.75) is 6.10 Å². The number of hydrogen-bond acceptors (Lipinski definition) is 5. The second-order valence-electron chi connectivity index (χ2n) is 4.59. The van der Waals surface area contributed by atoms with Crippen molar-refractivity contribution in [2.75, 3.05) is 20.3 Å². The molecule has 0 aromatic heterocycles. The summed E-state index contributed by atoms with van der Waals surface area (Å²) < 4.78 is 15.8. The van der Waals surface area contributed by atoms with Gasteiger partial charge in [0.1, 0.15) is 0 Å². The van der Waals surface area contributed by atoms with E-state index in [0.29, 0.717) is 19.0 Å². The maximum absolute atomic E-state index is 11.4. The molecule has 0 aliphatic carbocycles. The highest BCUT2D eigenvalue weighted by Crippen LogP contribution is 2.44. The number of carbonyl (C=O) groups excluding carboxylic acids is 1. The molecule has 2 fully saturated rings. The Morgan fingerprint density at radius 3 is 3.00 bits per heavy atom. The molecule has 1 aromatic carbocycles. The summed E-state index contributed by atoms with van der Waals surface area (Å²) in [6, 6.07) is 5.10. The average molecular weight is 250 g/mol. The molecular weight excluding hydrogens is 236 g/mol. The molecule has 3 rings (SSSR count). The Labute approximate surface area is 104 Å². The zero-order valence-electron chi connectivity index (χ0n) is 9.96. The number of esters is 1. The number of aromatic hydroxyl groups is 1. The summed E-state index contributed by atoms with van der Waals surface area (Å²) in [5.74, 6) is 0.231. The van der Waals surface area contributed by atoms with E-state index in [1.54, 1.807) is 18.2 Å². The lowest BCUT2D eigenvalue weighted by molar-refractivity contribution is -0.142. The molecule has 0 radical (unpaired) electrons. The molecule has 2 saturated heterocycles. The zero-order valence-corrected chi connectivity index (χ0v) is 9.96. The number of ether oxygens (including phenoxy) is 3. The Balaban J connectivity index is 1.89. The standard InChI is InChI=1S/C13H14O5/c1-16-11-4-7(2-3-10(11)14)12-8-5-18-13(15)9(8)6-17-12/h2-4,8-9,12,14H,5-6H2,1H3/t8-,9+,12+/m0/s1. The molecule has 2 aliphatic heterocycles. The van der Waals surface area contributed by atoms with Gasteiger partial charge in [-0.2, -0.15) is 0 Å². The average Bonchev–Trinajstić information content (AvgIpc) is 2.94. The molecule has 3 atom stereocenters. The molecule has 2 heterocycles. The van der Waals surface area contributed by atoms with Gasteiger partial charge in [-0.25, -0.2) is 0 Å². The summed E-state index contributed by atoms with van der Waals surface area (Å²) in [5, 5.41) is 9.56. The first-order chi connectivity index (χ1) is 8.70. The largest absolute Gasteiger partial charge is 0.504 e. The molecular formula is C13H14O5. The van der Waals surface area contributed by atoms with Crippen LogP contribution in [0, 0.1) is 11.8 Å². The number of carbonyl (C=O) groups is 1. The molecule has 5 heteroatoms. The SMILES string of the molecule is COc1cc([C@H]2OC[C@H]3C(=O)OC[C@H]23)ccc1O. The number of phenols is 1. The fraction of sp³-hybridized carbons (Fsp3) is 0.462. The van der Waals surface area contributed by atoms with Crippen LogP contribution in [0.2, 0.25) is 0 Å². The second-order valence-corrected chi connectivity index (χ2v) is 4.59.